The maximum atomic E-state index is 13.9. The lowest BCUT2D eigenvalue weighted by Gasteiger charge is -2.11. The first-order chi connectivity index (χ1) is 18.9. The molecule has 1 unspecified atom stereocenters. The molecule has 1 atom stereocenters. The van der Waals surface area contributed by atoms with Crippen molar-refractivity contribution < 1.29 is 23.9 Å². The minimum atomic E-state index is -1.19. The van der Waals surface area contributed by atoms with E-state index in [4.69, 9.17) is 5.11 Å². The summed E-state index contributed by atoms with van der Waals surface area (Å²) in [6.07, 6.45) is 6.88. The lowest BCUT2D eigenvalue weighted by Crippen LogP contribution is -2.32. The van der Waals surface area contributed by atoms with E-state index in [0.29, 0.717) is 33.3 Å². The molecule has 0 saturated carbocycles. The van der Waals surface area contributed by atoms with Crippen molar-refractivity contribution in [2.45, 2.75) is 11.1 Å². The van der Waals surface area contributed by atoms with Crippen molar-refractivity contribution in [3.63, 3.8) is 0 Å². The zero-order chi connectivity index (χ0) is 27.1. The lowest BCUT2D eigenvalue weighted by atomic mass is 10.00. The number of pyridine rings is 1. The van der Waals surface area contributed by atoms with Gasteiger partial charge in [0.05, 0.1) is 5.52 Å². The van der Waals surface area contributed by atoms with Crippen LogP contribution in [0.3, 0.4) is 0 Å². The van der Waals surface area contributed by atoms with E-state index < -0.39 is 18.5 Å². The van der Waals surface area contributed by atoms with Crippen molar-refractivity contribution in [3.8, 4) is 11.1 Å². The summed E-state index contributed by atoms with van der Waals surface area (Å²) in [6.45, 7) is -0.570. The Bertz CT molecular complexity index is 1740. The fraction of sp³-hybridized carbons (Fsp3) is 0.103. The van der Waals surface area contributed by atoms with Crippen LogP contribution in [0.2, 0.25) is 0 Å². The van der Waals surface area contributed by atoms with Crippen LogP contribution in [0, 0.1) is 5.82 Å². The second kappa shape index (κ2) is 9.88. The number of halogens is 1. The van der Waals surface area contributed by atoms with Gasteiger partial charge in [-0.05, 0) is 41.5 Å². The molecule has 1 aliphatic rings. The Morgan fingerprint density at radius 2 is 1.85 bits per heavy atom. The molecule has 39 heavy (non-hydrogen) atoms. The van der Waals surface area contributed by atoms with Crippen LogP contribution in [0.15, 0.2) is 85.5 Å². The second-order valence-electron chi connectivity index (χ2n) is 9.07. The third-order valence-electron chi connectivity index (χ3n) is 6.71. The minimum absolute atomic E-state index is 0.0108. The summed E-state index contributed by atoms with van der Waals surface area (Å²) in [5.74, 6) is -1.15. The number of aromatic nitrogens is 3. The Morgan fingerprint density at radius 3 is 2.59 bits per heavy atom. The van der Waals surface area contributed by atoms with Gasteiger partial charge in [-0.25, -0.2) is 9.18 Å². The quantitative estimate of drug-likeness (QED) is 0.283. The number of amides is 1. The maximum Gasteiger partial charge on any atom is 0.326 e. The molecular weight excluding hydrogens is 519 g/mol. The highest BCUT2D eigenvalue weighted by atomic mass is 32.2. The van der Waals surface area contributed by atoms with E-state index >= 15 is 0 Å². The topological polar surface area (TPSA) is 106 Å². The summed E-state index contributed by atoms with van der Waals surface area (Å²) in [4.78, 5) is 42.2. The summed E-state index contributed by atoms with van der Waals surface area (Å²) in [5, 5.41) is 12.0. The second-order valence-corrected chi connectivity index (χ2v) is 10.1. The summed E-state index contributed by atoms with van der Waals surface area (Å²) in [7, 11) is 0. The van der Waals surface area contributed by atoms with E-state index in [9.17, 15) is 18.8 Å². The molecule has 10 heteroatoms. The molecule has 1 aliphatic heterocycles. The number of nitrogens with zero attached hydrogens (tertiary/aromatic N) is 3. The van der Waals surface area contributed by atoms with Gasteiger partial charge in [0.2, 0.25) is 0 Å². The molecule has 0 bridgehead atoms. The Kier molecular flexibility index (Phi) is 6.24. The maximum absolute atomic E-state index is 13.9. The summed E-state index contributed by atoms with van der Waals surface area (Å²) >= 11 is 1.70. The van der Waals surface area contributed by atoms with Crippen LogP contribution in [-0.2, 0) is 10.5 Å². The van der Waals surface area contributed by atoms with Gasteiger partial charge in [0, 0.05) is 58.3 Å². The smallest absolute Gasteiger partial charge is 0.326 e. The third-order valence-corrected chi connectivity index (χ3v) is 7.96. The number of hydrogen-bond donors (Lipinski definition) is 2. The highest BCUT2D eigenvalue weighted by Crippen LogP contribution is 2.42. The number of aliphatic carboxylic acids is 1. The van der Waals surface area contributed by atoms with Gasteiger partial charge >= 0.3 is 12.0 Å². The summed E-state index contributed by atoms with van der Waals surface area (Å²) < 4.78 is 16.8. The molecule has 0 spiro atoms. The standard InChI is InChI=1S/C29H21FN4O4S/c30-20-6-3-17(4-7-20)18-5-8-21-23(15-34(24(21)12-18)29(38)32-14-26(35)36)27(37)22-9-11-33-25(22)16-39-28(33)19-2-1-10-31-13-19/h1-13,15,28H,14,16H2,(H,32,38)(H,35,36). The minimum Gasteiger partial charge on any atom is -0.480 e. The van der Waals surface area contributed by atoms with Crippen molar-refractivity contribution in [3.05, 3.63) is 114 Å². The average Bonchev–Trinajstić information content (AvgIpc) is 3.66. The number of carbonyl (C=O) groups is 3. The highest BCUT2D eigenvalue weighted by molar-refractivity contribution is 7.99. The molecule has 8 nitrogen and oxygen atoms in total. The van der Waals surface area contributed by atoms with Crippen molar-refractivity contribution in [1.82, 2.24) is 19.4 Å². The molecule has 2 aromatic carbocycles. The molecule has 5 aromatic rings. The van der Waals surface area contributed by atoms with Gasteiger partial charge in [0.1, 0.15) is 17.7 Å². The van der Waals surface area contributed by atoms with Gasteiger partial charge in [0.15, 0.2) is 5.78 Å². The molecule has 0 aliphatic carbocycles. The number of benzene rings is 2. The van der Waals surface area contributed by atoms with Gasteiger partial charge in [-0.1, -0.05) is 30.3 Å². The molecular formula is C29H21FN4O4S. The monoisotopic (exact) mass is 540 g/mol. The zero-order valence-electron chi connectivity index (χ0n) is 20.4. The molecule has 4 heterocycles. The predicted octanol–water partition coefficient (Wildman–Crippen LogP) is 5.31. The average molecular weight is 541 g/mol. The Hall–Kier alpha value is -4.70. The molecule has 2 N–H and O–H groups in total. The van der Waals surface area contributed by atoms with E-state index in [-0.39, 0.29) is 17.0 Å². The first kappa shape index (κ1) is 24.6. The number of thioether (sulfide) groups is 1. The van der Waals surface area contributed by atoms with Crippen LogP contribution < -0.4 is 5.32 Å². The van der Waals surface area contributed by atoms with E-state index in [2.05, 4.69) is 14.9 Å². The molecule has 194 valence electrons. The SMILES string of the molecule is O=C(O)CNC(=O)n1cc(C(=O)c2ccn3c2CSC3c2cccnc2)c2ccc(-c3ccc(F)cc3)cc21. The number of ketones is 1. The Labute approximate surface area is 226 Å². The third kappa shape index (κ3) is 4.48. The largest absolute Gasteiger partial charge is 0.480 e. The first-order valence-electron chi connectivity index (χ1n) is 12.1. The van der Waals surface area contributed by atoms with Gasteiger partial charge in [-0.15, -0.1) is 11.8 Å². The van der Waals surface area contributed by atoms with Gasteiger partial charge in [-0.2, -0.15) is 0 Å². The van der Waals surface area contributed by atoms with E-state index in [1.54, 1.807) is 48.3 Å². The molecule has 1 amide bonds. The van der Waals surface area contributed by atoms with Crippen molar-refractivity contribution in [2.24, 2.45) is 0 Å². The first-order valence-corrected chi connectivity index (χ1v) is 13.1. The predicted molar refractivity (Wildman–Crippen MR) is 145 cm³/mol. The van der Waals surface area contributed by atoms with Crippen LogP contribution in [-0.4, -0.2) is 43.6 Å². The number of rotatable bonds is 6. The molecule has 6 rings (SSSR count). The van der Waals surface area contributed by atoms with Crippen LogP contribution in [0.5, 0.6) is 0 Å². The zero-order valence-corrected chi connectivity index (χ0v) is 21.2. The fourth-order valence-electron chi connectivity index (χ4n) is 4.86. The number of carboxylic acid groups (broad SMARTS) is 1. The highest BCUT2D eigenvalue weighted by Gasteiger charge is 2.30. The van der Waals surface area contributed by atoms with Gasteiger partial charge in [0.25, 0.3) is 0 Å². The van der Waals surface area contributed by atoms with Crippen molar-refractivity contribution >= 4 is 40.4 Å². The number of nitrogens with one attached hydrogen (secondary N) is 1. The van der Waals surface area contributed by atoms with Crippen LogP contribution in [0.25, 0.3) is 22.0 Å². The number of carbonyl (C=O) groups excluding carboxylic acids is 2. The lowest BCUT2D eigenvalue weighted by molar-refractivity contribution is -0.135. The molecule has 3 aromatic heterocycles. The Morgan fingerprint density at radius 1 is 1.05 bits per heavy atom. The van der Waals surface area contributed by atoms with E-state index in [1.807, 2.05) is 30.6 Å². The summed E-state index contributed by atoms with van der Waals surface area (Å²) in [5.41, 5.74) is 4.67. The van der Waals surface area contributed by atoms with Crippen molar-refractivity contribution in [1.29, 1.82) is 0 Å². The summed E-state index contributed by atoms with van der Waals surface area (Å²) in [6, 6.07) is 16.2. The molecule has 0 radical (unpaired) electrons. The van der Waals surface area contributed by atoms with Crippen LogP contribution in [0.1, 0.15) is 32.6 Å². The number of hydrogen-bond acceptors (Lipinski definition) is 5. The molecule has 0 saturated heterocycles. The molecule has 0 fully saturated rings. The van der Waals surface area contributed by atoms with Gasteiger partial charge < -0.3 is 15.0 Å². The van der Waals surface area contributed by atoms with Gasteiger partial charge in [-0.3, -0.25) is 19.1 Å². The van der Waals surface area contributed by atoms with Crippen LogP contribution >= 0.6 is 11.8 Å². The number of carboxylic acids is 1. The Balaban J connectivity index is 1.42. The normalized spacial score (nSPS) is 14.3. The van der Waals surface area contributed by atoms with Crippen LogP contribution in [0.4, 0.5) is 9.18 Å². The van der Waals surface area contributed by atoms with Crippen molar-refractivity contribution in [2.75, 3.05) is 6.54 Å². The number of fused-ring (bicyclic) bond motifs is 2. The fourth-order valence-corrected chi connectivity index (χ4v) is 6.17. The van der Waals surface area contributed by atoms with E-state index in [1.165, 1.54) is 22.9 Å². The van der Waals surface area contributed by atoms with E-state index in [0.717, 1.165) is 16.8 Å².